The lowest BCUT2D eigenvalue weighted by atomic mass is 9.84. The number of halogens is 1. The molecule has 1 aliphatic carbocycles. The predicted molar refractivity (Wildman–Crippen MR) is 120 cm³/mol. The number of nitrogens with one attached hydrogen (secondary N) is 1. The van der Waals surface area contributed by atoms with Crippen LogP contribution in [-0.4, -0.2) is 53.7 Å². The van der Waals surface area contributed by atoms with Crippen LogP contribution in [0.15, 0.2) is 34.9 Å². The van der Waals surface area contributed by atoms with Crippen LogP contribution in [0.5, 0.6) is 0 Å². The molecular formula is C24H32ClN3O3. The minimum atomic E-state index is -0.409. The first-order chi connectivity index (χ1) is 15.0. The van der Waals surface area contributed by atoms with Gasteiger partial charge in [0.05, 0.1) is 12.8 Å². The van der Waals surface area contributed by atoms with E-state index in [1.165, 1.54) is 5.56 Å². The molecule has 1 amide bonds. The minimum Gasteiger partial charge on any atom is -0.446 e. The first kappa shape index (κ1) is 22.3. The van der Waals surface area contributed by atoms with E-state index >= 15 is 0 Å². The number of carbonyl (C=O) groups excluding carboxylic acids is 1. The maximum absolute atomic E-state index is 12.5. The molecule has 2 heterocycles. The molecule has 0 unspecified atom stereocenters. The molecule has 31 heavy (non-hydrogen) atoms. The molecule has 2 atom stereocenters. The zero-order valence-electron chi connectivity index (χ0n) is 18.4. The summed E-state index contributed by atoms with van der Waals surface area (Å²) in [6.45, 7) is 5.70. The summed E-state index contributed by atoms with van der Waals surface area (Å²) in [7, 11) is 0. The highest BCUT2D eigenvalue weighted by atomic mass is 35.5. The van der Waals surface area contributed by atoms with Gasteiger partial charge in [-0.1, -0.05) is 23.7 Å². The molecule has 7 heteroatoms. The summed E-state index contributed by atoms with van der Waals surface area (Å²) < 4.78 is 11.8. The number of hydrogen-bond donors (Lipinski definition) is 1. The van der Waals surface area contributed by atoms with Crippen molar-refractivity contribution in [1.82, 2.24) is 15.2 Å². The highest BCUT2D eigenvalue weighted by molar-refractivity contribution is 6.30. The predicted octanol–water partition coefficient (Wildman–Crippen LogP) is 4.11. The molecule has 1 saturated heterocycles. The number of aromatic nitrogens is 1. The lowest BCUT2D eigenvalue weighted by molar-refractivity contribution is -0.145. The molecule has 168 valence electrons. The second-order valence-corrected chi connectivity index (χ2v) is 9.15. The Labute approximate surface area is 189 Å². The van der Waals surface area contributed by atoms with Crippen molar-refractivity contribution in [1.29, 1.82) is 0 Å². The summed E-state index contributed by atoms with van der Waals surface area (Å²) >= 11 is 6.06. The number of ether oxygens (including phenoxy) is 1. The fourth-order valence-corrected chi connectivity index (χ4v) is 5.02. The van der Waals surface area contributed by atoms with Crippen molar-refractivity contribution in [3.8, 4) is 0 Å². The second-order valence-electron chi connectivity index (χ2n) is 8.71. The van der Waals surface area contributed by atoms with Gasteiger partial charge in [-0.3, -0.25) is 9.69 Å². The van der Waals surface area contributed by atoms with Crippen LogP contribution < -0.4 is 5.32 Å². The van der Waals surface area contributed by atoms with E-state index in [-0.39, 0.29) is 11.9 Å². The molecule has 1 aliphatic heterocycles. The summed E-state index contributed by atoms with van der Waals surface area (Å²) in [5.41, 5.74) is 1.24. The number of oxazole rings is 1. The van der Waals surface area contributed by atoms with Gasteiger partial charge in [0.15, 0.2) is 5.89 Å². The Balaban J connectivity index is 1.45. The Morgan fingerprint density at radius 2 is 1.97 bits per heavy atom. The molecule has 1 saturated carbocycles. The Kier molecular flexibility index (Phi) is 7.31. The molecule has 0 radical (unpaired) electrons. The van der Waals surface area contributed by atoms with E-state index in [9.17, 15) is 4.79 Å². The molecule has 0 spiro atoms. The lowest BCUT2D eigenvalue weighted by Crippen LogP contribution is -2.58. The number of rotatable bonds is 6. The molecule has 2 aromatic rings. The van der Waals surface area contributed by atoms with Gasteiger partial charge < -0.3 is 14.5 Å². The van der Waals surface area contributed by atoms with Crippen molar-refractivity contribution in [3.63, 3.8) is 0 Å². The van der Waals surface area contributed by atoms with Gasteiger partial charge in [0, 0.05) is 36.1 Å². The molecule has 1 aromatic heterocycles. The number of likely N-dealkylation sites (N-methyl/N-ethyl adjacent to an activating group) is 1. The molecule has 4 rings (SSSR count). The van der Waals surface area contributed by atoms with Crippen LogP contribution in [0.1, 0.15) is 55.7 Å². The first-order valence-electron chi connectivity index (χ1n) is 11.3. The number of carbonyl (C=O) groups is 1. The van der Waals surface area contributed by atoms with E-state index in [2.05, 4.69) is 27.3 Å². The standard InChI is InChI=1S/C24H32ClN3O3/c1-3-26-23(29)22-14-28(21(15-30-22)12-17-4-8-19(25)9-5-17)20-10-6-18(7-11-20)24-27-13-16(2)31-24/h4-5,8-9,13,18,20-22H,3,6-7,10-12,14-15H2,1-2H3,(H,26,29)/t18?,20?,21-,22+/m0/s1. The van der Waals surface area contributed by atoms with Crippen LogP contribution in [0.4, 0.5) is 0 Å². The first-order valence-corrected chi connectivity index (χ1v) is 11.7. The normalized spacial score (nSPS) is 27.2. The van der Waals surface area contributed by atoms with Crippen LogP contribution >= 0.6 is 11.6 Å². The third-order valence-electron chi connectivity index (χ3n) is 6.52. The highest BCUT2D eigenvalue weighted by Crippen LogP contribution is 2.36. The van der Waals surface area contributed by atoms with Crippen molar-refractivity contribution in [2.24, 2.45) is 0 Å². The van der Waals surface area contributed by atoms with Crippen LogP contribution in [0.2, 0.25) is 5.02 Å². The molecule has 0 bridgehead atoms. The van der Waals surface area contributed by atoms with Gasteiger partial charge >= 0.3 is 0 Å². The maximum atomic E-state index is 12.5. The average molecular weight is 446 g/mol. The van der Waals surface area contributed by atoms with Crippen LogP contribution in [-0.2, 0) is 16.0 Å². The van der Waals surface area contributed by atoms with Gasteiger partial charge in [0.2, 0.25) is 5.91 Å². The van der Waals surface area contributed by atoms with Crippen molar-refractivity contribution in [2.75, 3.05) is 19.7 Å². The van der Waals surface area contributed by atoms with Crippen LogP contribution in [0.25, 0.3) is 0 Å². The van der Waals surface area contributed by atoms with E-state index in [1.54, 1.807) is 0 Å². The molecule has 2 fully saturated rings. The number of nitrogens with zero attached hydrogens (tertiary/aromatic N) is 2. The number of morpholine rings is 1. The van der Waals surface area contributed by atoms with Crippen molar-refractivity contribution in [3.05, 3.63) is 52.7 Å². The van der Waals surface area contributed by atoms with E-state index in [0.717, 1.165) is 48.8 Å². The van der Waals surface area contributed by atoms with Gasteiger partial charge in [-0.15, -0.1) is 0 Å². The second kappa shape index (κ2) is 10.2. The number of hydrogen-bond acceptors (Lipinski definition) is 5. The van der Waals surface area contributed by atoms with E-state index in [4.69, 9.17) is 20.8 Å². The third kappa shape index (κ3) is 5.48. The van der Waals surface area contributed by atoms with Gasteiger partial charge in [0.25, 0.3) is 0 Å². The van der Waals surface area contributed by atoms with Crippen molar-refractivity contribution >= 4 is 17.5 Å². The summed E-state index contributed by atoms with van der Waals surface area (Å²) in [6.07, 6.45) is 6.55. The summed E-state index contributed by atoms with van der Waals surface area (Å²) in [5.74, 6) is 2.12. The fourth-order valence-electron chi connectivity index (χ4n) is 4.89. The zero-order valence-corrected chi connectivity index (χ0v) is 19.1. The molecule has 2 aliphatic rings. The largest absolute Gasteiger partial charge is 0.446 e. The van der Waals surface area contributed by atoms with Crippen molar-refractivity contribution < 1.29 is 13.9 Å². The smallest absolute Gasteiger partial charge is 0.250 e. The van der Waals surface area contributed by atoms with Gasteiger partial charge in [-0.25, -0.2) is 4.98 Å². The monoisotopic (exact) mass is 445 g/mol. The molecular weight excluding hydrogens is 414 g/mol. The Hall–Kier alpha value is -1.89. The highest BCUT2D eigenvalue weighted by Gasteiger charge is 2.38. The SMILES string of the molecule is CCNC(=O)[C@H]1CN(C2CCC(c3ncc(C)o3)CC2)[C@@H](Cc2ccc(Cl)cc2)CO1. The topological polar surface area (TPSA) is 67.6 Å². The van der Waals surface area contributed by atoms with E-state index in [1.807, 2.05) is 32.2 Å². The van der Waals surface area contributed by atoms with E-state index < -0.39 is 6.10 Å². The summed E-state index contributed by atoms with van der Waals surface area (Å²) in [4.78, 5) is 19.4. The van der Waals surface area contributed by atoms with E-state index in [0.29, 0.717) is 31.7 Å². The number of amides is 1. The maximum Gasteiger partial charge on any atom is 0.250 e. The summed E-state index contributed by atoms with van der Waals surface area (Å²) in [6, 6.07) is 8.72. The van der Waals surface area contributed by atoms with Crippen LogP contribution in [0, 0.1) is 6.92 Å². The molecule has 1 aromatic carbocycles. The van der Waals surface area contributed by atoms with Crippen LogP contribution in [0.3, 0.4) is 0 Å². The zero-order chi connectivity index (χ0) is 21.8. The number of benzene rings is 1. The van der Waals surface area contributed by atoms with Gasteiger partial charge in [0.1, 0.15) is 11.9 Å². The quantitative estimate of drug-likeness (QED) is 0.724. The summed E-state index contributed by atoms with van der Waals surface area (Å²) in [5, 5.41) is 3.66. The lowest BCUT2D eigenvalue weighted by Gasteiger charge is -2.45. The molecule has 1 N–H and O–H groups in total. The average Bonchev–Trinajstić information content (AvgIpc) is 3.22. The minimum absolute atomic E-state index is 0.0126. The van der Waals surface area contributed by atoms with Gasteiger partial charge in [-0.05, 0) is 63.6 Å². The number of aryl methyl sites for hydroxylation is 1. The Morgan fingerprint density at radius 3 is 2.61 bits per heavy atom. The third-order valence-corrected chi connectivity index (χ3v) is 6.77. The molecule has 6 nitrogen and oxygen atoms in total. The van der Waals surface area contributed by atoms with Crippen molar-refractivity contribution in [2.45, 2.75) is 70.1 Å². The Bertz CT molecular complexity index is 861. The Morgan fingerprint density at radius 1 is 1.23 bits per heavy atom. The fraction of sp³-hybridized carbons (Fsp3) is 0.583. The van der Waals surface area contributed by atoms with Gasteiger partial charge in [-0.2, -0.15) is 0 Å².